The third-order valence-corrected chi connectivity index (χ3v) is 1.86. The summed E-state index contributed by atoms with van der Waals surface area (Å²) in [7, 11) is 0. The lowest BCUT2D eigenvalue weighted by Crippen LogP contribution is -2.09. The first kappa shape index (κ1) is 11.6. The Hall–Kier alpha value is -1.43. The van der Waals surface area contributed by atoms with Crippen molar-refractivity contribution in [2.45, 2.75) is 6.18 Å². The molecule has 0 atom stereocenters. The molecule has 0 aliphatic carbocycles. The minimum absolute atomic E-state index is 0.132. The highest BCUT2D eigenvalue weighted by atomic mass is 35.5. The van der Waals surface area contributed by atoms with E-state index in [0.717, 1.165) is 12.1 Å². The number of halogens is 4. The molecule has 1 aromatic carbocycles. The number of anilines is 1. The van der Waals surface area contributed by atoms with Gasteiger partial charge in [-0.25, -0.2) is 9.90 Å². The third-order valence-electron chi connectivity index (χ3n) is 1.53. The highest BCUT2D eigenvalue weighted by molar-refractivity contribution is 6.33. The Kier molecular flexibility index (Phi) is 3.09. The van der Waals surface area contributed by atoms with E-state index >= 15 is 0 Å². The number of amides is 1. The molecule has 81 valence electrons. The predicted octanol–water partition coefficient (Wildman–Crippen LogP) is 3.32. The zero-order valence-electron chi connectivity index (χ0n) is 7.06. The molecule has 0 heterocycles. The van der Waals surface area contributed by atoms with Crippen LogP contribution in [0.25, 0.3) is 0 Å². The minimum Gasteiger partial charge on any atom is -0.287 e. The van der Waals surface area contributed by atoms with Crippen molar-refractivity contribution in [3.8, 4) is 0 Å². The topological polar surface area (TPSA) is 49.0 Å². The number of nitrogens with one attached hydrogen (secondary N) is 1. The zero-order chi connectivity index (χ0) is 11.6. The molecule has 1 rings (SSSR count). The average Bonchev–Trinajstić information content (AvgIpc) is 2.06. The van der Waals surface area contributed by atoms with Crippen LogP contribution < -0.4 is 5.32 Å². The Labute approximate surface area is 87.5 Å². The molecule has 3 nitrogen and oxygen atoms in total. The van der Waals surface area contributed by atoms with E-state index in [-0.39, 0.29) is 10.7 Å². The van der Waals surface area contributed by atoms with Crippen molar-refractivity contribution in [1.82, 2.24) is 0 Å². The van der Waals surface area contributed by atoms with Crippen molar-refractivity contribution in [1.29, 1.82) is 0 Å². The SMILES string of the molecule is [O]C(=O)Nc1cc(C(F)(F)F)ccc1Cl. The highest BCUT2D eigenvalue weighted by Gasteiger charge is 2.31. The summed E-state index contributed by atoms with van der Waals surface area (Å²) in [6.07, 6.45) is -6.27. The van der Waals surface area contributed by atoms with Gasteiger partial charge in [0.2, 0.25) is 0 Å². The van der Waals surface area contributed by atoms with Crippen LogP contribution in [0.1, 0.15) is 5.56 Å². The van der Waals surface area contributed by atoms with Gasteiger partial charge < -0.3 is 0 Å². The summed E-state index contributed by atoms with van der Waals surface area (Å²) in [6.45, 7) is 0. The van der Waals surface area contributed by atoms with E-state index in [2.05, 4.69) is 0 Å². The Morgan fingerprint density at radius 3 is 2.40 bits per heavy atom. The first-order valence-corrected chi connectivity index (χ1v) is 4.03. The fourth-order valence-corrected chi connectivity index (χ4v) is 1.07. The lowest BCUT2D eigenvalue weighted by atomic mass is 10.2. The molecule has 0 fully saturated rings. The molecule has 0 aliphatic heterocycles. The fourth-order valence-electron chi connectivity index (χ4n) is 0.907. The molecule has 15 heavy (non-hydrogen) atoms. The number of carbonyl (C=O) groups excluding carboxylic acids is 1. The van der Waals surface area contributed by atoms with Crippen LogP contribution in [0.15, 0.2) is 18.2 Å². The molecule has 1 amide bonds. The Morgan fingerprint density at radius 1 is 1.33 bits per heavy atom. The van der Waals surface area contributed by atoms with Crippen LogP contribution in [0, 0.1) is 0 Å². The van der Waals surface area contributed by atoms with Crippen LogP contribution in [-0.4, -0.2) is 6.09 Å². The molecule has 0 bridgehead atoms. The van der Waals surface area contributed by atoms with Crippen molar-refractivity contribution < 1.29 is 23.1 Å². The van der Waals surface area contributed by atoms with Gasteiger partial charge in [0.25, 0.3) is 0 Å². The molecule has 0 saturated carbocycles. The average molecular weight is 239 g/mol. The monoisotopic (exact) mass is 238 g/mol. The summed E-state index contributed by atoms with van der Waals surface area (Å²) in [5.74, 6) is 0. The number of hydrogen-bond donors (Lipinski definition) is 1. The van der Waals surface area contributed by atoms with Crippen LogP contribution in [0.5, 0.6) is 0 Å². The summed E-state index contributed by atoms with van der Waals surface area (Å²) >= 11 is 5.47. The molecular weight excluding hydrogens is 235 g/mol. The maximum Gasteiger partial charge on any atom is 0.454 e. The van der Waals surface area contributed by atoms with E-state index in [0.29, 0.717) is 6.07 Å². The van der Waals surface area contributed by atoms with Crippen LogP contribution in [-0.2, 0) is 11.3 Å². The minimum atomic E-state index is -4.55. The van der Waals surface area contributed by atoms with Crippen molar-refractivity contribution in [3.05, 3.63) is 28.8 Å². The molecule has 0 saturated heterocycles. The maximum absolute atomic E-state index is 12.2. The number of carbonyl (C=O) groups is 1. The van der Waals surface area contributed by atoms with E-state index in [9.17, 15) is 23.1 Å². The van der Waals surface area contributed by atoms with Crippen molar-refractivity contribution in [2.75, 3.05) is 5.32 Å². The van der Waals surface area contributed by atoms with Crippen LogP contribution in [0.2, 0.25) is 5.02 Å². The molecule has 7 heteroatoms. The van der Waals surface area contributed by atoms with Gasteiger partial charge in [0.05, 0.1) is 16.3 Å². The van der Waals surface area contributed by atoms with Crippen LogP contribution in [0.3, 0.4) is 0 Å². The van der Waals surface area contributed by atoms with Gasteiger partial charge in [-0.3, -0.25) is 5.32 Å². The van der Waals surface area contributed by atoms with E-state index in [4.69, 9.17) is 11.6 Å². The van der Waals surface area contributed by atoms with Crippen LogP contribution >= 0.6 is 11.6 Å². The second kappa shape index (κ2) is 3.98. The zero-order valence-corrected chi connectivity index (χ0v) is 7.82. The molecule has 0 unspecified atom stereocenters. The van der Waals surface area contributed by atoms with Crippen molar-refractivity contribution in [3.63, 3.8) is 0 Å². The number of hydrogen-bond acceptors (Lipinski definition) is 1. The second-order valence-corrected chi connectivity index (χ2v) is 3.01. The number of rotatable bonds is 1. The van der Waals surface area contributed by atoms with E-state index in [1.54, 1.807) is 5.32 Å². The van der Waals surface area contributed by atoms with Gasteiger partial charge in [0.1, 0.15) is 0 Å². The summed E-state index contributed by atoms with van der Waals surface area (Å²) in [4.78, 5) is 10.1. The lowest BCUT2D eigenvalue weighted by molar-refractivity contribution is -0.137. The summed E-state index contributed by atoms with van der Waals surface area (Å²) < 4.78 is 36.6. The molecule has 1 aromatic rings. The summed E-state index contributed by atoms with van der Waals surface area (Å²) in [5.41, 5.74) is -1.35. The fraction of sp³-hybridized carbons (Fsp3) is 0.125. The smallest absolute Gasteiger partial charge is 0.287 e. The van der Waals surface area contributed by atoms with Crippen molar-refractivity contribution in [2.24, 2.45) is 0 Å². The second-order valence-electron chi connectivity index (χ2n) is 2.60. The molecule has 1 N–H and O–H groups in total. The molecule has 1 radical (unpaired) electrons. The van der Waals surface area contributed by atoms with Gasteiger partial charge in [-0.2, -0.15) is 13.2 Å². The van der Waals surface area contributed by atoms with Gasteiger partial charge in [0, 0.05) is 0 Å². The Bertz CT molecular complexity index is 392. The Balaban J connectivity index is 3.11. The quantitative estimate of drug-likeness (QED) is 0.802. The number of alkyl halides is 3. The standard InChI is InChI=1S/C8H4ClF3NO2/c9-5-2-1-4(8(10,11)12)3-6(5)13-7(14)15/h1-3,13H. The third kappa shape index (κ3) is 3.02. The largest absolute Gasteiger partial charge is 0.454 e. The maximum atomic E-state index is 12.2. The lowest BCUT2D eigenvalue weighted by Gasteiger charge is -2.09. The molecule has 0 spiro atoms. The Morgan fingerprint density at radius 2 is 1.93 bits per heavy atom. The van der Waals surface area contributed by atoms with Crippen LogP contribution in [0.4, 0.5) is 23.7 Å². The van der Waals surface area contributed by atoms with Gasteiger partial charge >= 0.3 is 12.3 Å². The van der Waals surface area contributed by atoms with E-state index < -0.39 is 17.8 Å². The first-order valence-electron chi connectivity index (χ1n) is 3.65. The summed E-state index contributed by atoms with van der Waals surface area (Å²) in [5, 5.41) is 11.6. The van der Waals surface area contributed by atoms with Gasteiger partial charge in [-0.05, 0) is 18.2 Å². The molecule has 0 aromatic heterocycles. The van der Waals surface area contributed by atoms with E-state index in [1.807, 2.05) is 0 Å². The van der Waals surface area contributed by atoms with Crippen molar-refractivity contribution >= 4 is 23.4 Å². The summed E-state index contributed by atoms with van der Waals surface area (Å²) in [6, 6.07) is 2.30. The molecule has 0 aliphatic rings. The predicted molar refractivity (Wildman–Crippen MR) is 46.2 cm³/mol. The number of benzene rings is 1. The van der Waals surface area contributed by atoms with Gasteiger partial charge in [-0.15, -0.1) is 0 Å². The normalized spacial score (nSPS) is 11.2. The van der Waals surface area contributed by atoms with Gasteiger partial charge in [-0.1, -0.05) is 11.6 Å². The van der Waals surface area contributed by atoms with Gasteiger partial charge in [0.15, 0.2) is 0 Å². The highest BCUT2D eigenvalue weighted by Crippen LogP contribution is 2.33. The molecular formula is C8H4ClF3NO2. The first-order chi connectivity index (χ1) is 6.80. The van der Waals surface area contributed by atoms with E-state index in [1.165, 1.54) is 0 Å².